The lowest BCUT2D eigenvalue weighted by Crippen LogP contribution is -2.86. The van der Waals surface area contributed by atoms with Crippen molar-refractivity contribution in [2.24, 2.45) is 11.5 Å². The van der Waals surface area contributed by atoms with Crippen LogP contribution in [-0.4, -0.2) is 16.9 Å². The molecular weight excluding hydrogens is 128 g/mol. The number of hydrogen-bond donors (Lipinski definition) is 2. The van der Waals surface area contributed by atoms with Gasteiger partial charge < -0.3 is 16.2 Å². The molecule has 10 heavy (non-hydrogen) atoms. The fourth-order valence-electron chi connectivity index (χ4n) is 1.49. The quantitative estimate of drug-likeness (QED) is 0.477. The average molecular weight is 144 g/mol. The van der Waals surface area contributed by atoms with Crippen LogP contribution >= 0.6 is 0 Å². The van der Waals surface area contributed by atoms with Crippen LogP contribution < -0.4 is 11.5 Å². The third-order valence-corrected chi connectivity index (χ3v) is 2.50. The first kappa shape index (κ1) is 7.98. The van der Waals surface area contributed by atoms with Crippen LogP contribution in [0.3, 0.4) is 0 Å². The molecule has 0 radical (unpaired) electrons. The van der Waals surface area contributed by atoms with Crippen molar-refractivity contribution in [3.8, 4) is 0 Å². The first-order chi connectivity index (χ1) is 4.21. The number of ether oxygens (including phenoxy) is 1. The van der Waals surface area contributed by atoms with Gasteiger partial charge in [0.25, 0.3) is 0 Å². The molecule has 1 saturated heterocycles. The molecule has 0 unspecified atom stereocenters. The standard InChI is InChI=1S/C7H16N2O/c1-5(2)7(8,9)6(3,4)10-5/h8-9H2,1-4H3. The minimum absolute atomic E-state index is 0.392. The van der Waals surface area contributed by atoms with E-state index in [1.165, 1.54) is 0 Å². The molecule has 0 bridgehead atoms. The van der Waals surface area contributed by atoms with Crippen LogP contribution in [0.1, 0.15) is 27.7 Å². The van der Waals surface area contributed by atoms with E-state index in [0.717, 1.165) is 0 Å². The van der Waals surface area contributed by atoms with Gasteiger partial charge in [-0.3, -0.25) is 0 Å². The van der Waals surface area contributed by atoms with Gasteiger partial charge in [-0.1, -0.05) is 0 Å². The first-order valence-electron chi connectivity index (χ1n) is 3.49. The highest BCUT2D eigenvalue weighted by Crippen LogP contribution is 2.44. The second kappa shape index (κ2) is 1.55. The van der Waals surface area contributed by atoms with Crippen LogP contribution in [0.5, 0.6) is 0 Å². The third-order valence-electron chi connectivity index (χ3n) is 2.50. The number of rotatable bonds is 0. The molecule has 0 aromatic heterocycles. The summed E-state index contributed by atoms with van der Waals surface area (Å²) in [6.07, 6.45) is 0. The van der Waals surface area contributed by atoms with Crippen molar-refractivity contribution in [3.63, 3.8) is 0 Å². The molecule has 1 fully saturated rings. The summed E-state index contributed by atoms with van der Waals surface area (Å²) in [4.78, 5) is 0. The van der Waals surface area contributed by atoms with Gasteiger partial charge in [-0.25, -0.2) is 0 Å². The van der Waals surface area contributed by atoms with E-state index in [1.54, 1.807) is 0 Å². The first-order valence-corrected chi connectivity index (χ1v) is 3.49. The van der Waals surface area contributed by atoms with Crippen molar-refractivity contribution in [2.75, 3.05) is 0 Å². The van der Waals surface area contributed by atoms with E-state index in [4.69, 9.17) is 16.2 Å². The normalized spacial score (nSPS) is 33.0. The molecule has 1 aliphatic heterocycles. The van der Waals surface area contributed by atoms with Crippen molar-refractivity contribution in [1.82, 2.24) is 0 Å². The lowest BCUT2D eigenvalue weighted by atomic mass is 9.72. The molecule has 0 aliphatic carbocycles. The Morgan fingerprint density at radius 2 is 1.20 bits per heavy atom. The van der Waals surface area contributed by atoms with Crippen LogP contribution in [0, 0.1) is 0 Å². The Bertz CT molecular complexity index is 145. The molecule has 1 rings (SSSR count). The van der Waals surface area contributed by atoms with E-state index >= 15 is 0 Å². The highest BCUT2D eigenvalue weighted by atomic mass is 16.6. The SMILES string of the molecule is CC1(C)OC(C)(C)C1(N)N. The highest BCUT2D eigenvalue weighted by molar-refractivity contribution is 5.15. The molecule has 3 heteroatoms. The molecule has 0 amide bonds. The van der Waals surface area contributed by atoms with E-state index in [-0.39, 0.29) is 0 Å². The molecule has 4 N–H and O–H groups in total. The summed E-state index contributed by atoms with van der Waals surface area (Å²) in [5.41, 5.74) is 10.2. The molecule has 0 atom stereocenters. The molecule has 3 nitrogen and oxygen atoms in total. The van der Waals surface area contributed by atoms with Crippen LogP contribution in [-0.2, 0) is 4.74 Å². The lowest BCUT2D eigenvalue weighted by Gasteiger charge is -2.62. The molecular formula is C7H16N2O. The molecule has 0 spiro atoms. The van der Waals surface area contributed by atoms with Gasteiger partial charge in [0.05, 0.1) is 11.2 Å². The van der Waals surface area contributed by atoms with Crippen molar-refractivity contribution < 1.29 is 4.74 Å². The minimum atomic E-state index is -0.708. The van der Waals surface area contributed by atoms with Gasteiger partial charge in [0.15, 0.2) is 0 Å². The Labute approximate surface area is 61.7 Å². The van der Waals surface area contributed by atoms with Gasteiger partial charge in [-0.2, -0.15) is 0 Å². The maximum Gasteiger partial charge on any atom is 0.122 e. The summed E-state index contributed by atoms with van der Waals surface area (Å²) in [6, 6.07) is 0. The van der Waals surface area contributed by atoms with E-state index in [1.807, 2.05) is 27.7 Å². The zero-order valence-electron chi connectivity index (χ0n) is 7.06. The third kappa shape index (κ3) is 0.654. The summed E-state index contributed by atoms with van der Waals surface area (Å²) in [5.74, 6) is 0. The maximum atomic E-state index is 5.83. The second-order valence-corrected chi connectivity index (χ2v) is 3.99. The second-order valence-electron chi connectivity index (χ2n) is 3.99. The minimum Gasteiger partial charge on any atom is -0.363 e. The average Bonchev–Trinajstić information content (AvgIpc) is 1.61. The van der Waals surface area contributed by atoms with E-state index < -0.39 is 16.9 Å². The molecule has 1 aliphatic rings. The Balaban J connectivity index is 2.85. The Hall–Kier alpha value is -0.120. The van der Waals surface area contributed by atoms with Crippen molar-refractivity contribution in [3.05, 3.63) is 0 Å². The van der Waals surface area contributed by atoms with Gasteiger partial charge in [0.2, 0.25) is 0 Å². The van der Waals surface area contributed by atoms with Crippen LogP contribution in [0.15, 0.2) is 0 Å². The topological polar surface area (TPSA) is 61.3 Å². The summed E-state index contributed by atoms with van der Waals surface area (Å²) in [6.45, 7) is 7.60. The summed E-state index contributed by atoms with van der Waals surface area (Å²) in [5, 5.41) is 0. The molecule has 0 aromatic rings. The smallest absolute Gasteiger partial charge is 0.122 e. The highest BCUT2D eigenvalue weighted by Gasteiger charge is 2.63. The van der Waals surface area contributed by atoms with Gasteiger partial charge in [0.1, 0.15) is 5.66 Å². The van der Waals surface area contributed by atoms with Gasteiger partial charge in [0, 0.05) is 0 Å². The van der Waals surface area contributed by atoms with E-state index in [9.17, 15) is 0 Å². The number of hydrogen-bond acceptors (Lipinski definition) is 3. The van der Waals surface area contributed by atoms with Crippen molar-refractivity contribution in [1.29, 1.82) is 0 Å². The van der Waals surface area contributed by atoms with Crippen molar-refractivity contribution in [2.45, 2.75) is 44.6 Å². The number of nitrogens with two attached hydrogens (primary N) is 2. The summed E-state index contributed by atoms with van der Waals surface area (Å²) in [7, 11) is 0. The van der Waals surface area contributed by atoms with Gasteiger partial charge in [-0.15, -0.1) is 0 Å². The van der Waals surface area contributed by atoms with E-state index in [2.05, 4.69) is 0 Å². The van der Waals surface area contributed by atoms with Crippen LogP contribution in [0.2, 0.25) is 0 Å². The fourth-order valence-corrected chi connectivity index (χ4v) is 1.49. The van der Waals surface area contributed by atoms with Gasteiger partial charge in [-0.05, 0) is 27.7 Å². The predicted molar refractivity (Wildman–Crippen MR) is 40.3 cm³/mol. The molecule has 0 aromatic carbocycles. The zero-order chi connectivity index (χ0) is 8.21. The van der Waals surface area contributed by atoms with E-state index in [0.29, 0.717) is 0 Å². The predicted octanol–water partition coefficient (Wildman–Crippen LogP) is 0.188. The molecule has 1 heterocycles. The Morgan fingerprint density at radius 3 is 1.20 bits per heavy atom. The summed E-state index contributed by atoms with van der Waals surface area (Å²) < 4.78 is 5.48. The monoisotopic (exact) mass is 144 g/mol. The maximum absolute atomic E-state index is 5.83. The zero-order valence-corrected chi connectivity index (χ0v) is 7.06. The Kier molecular flexibility index (Phi) is 1.23. The Morgan fingerprint density at radius 1 is 0.900 bits per heavy atom. The van der Waals surface area contributed by atoms with Crippen LogP contribution in [0.4, 0.5) is 0 Å². The van der Waals surface area contributed by atoms with Gasteiger partial charge >= 0.3 is 0 Å². The fraction of sp³-hybridized carbons (Fsp3) is 1.00. The lowest BCUT2D eigenvalue weighted by molar-refractivity contribution is -0.304. The largest absolute Gasteiger partial charge is 0.363 e. The van der Waals surface area contributed by atoms with Crippen molar-refractivity contribution >= 4 is 0 Å². The molecule has 60 valence electrons. The van der Waals surface area contributed by atoms with Crippen LogP contribution in [0.25, 0.3) is 0 Å². The summed E-state index contributed by atoms with van der Waals surface area (Å²) >= 11 is 0. The molecule has 0 saturated carbocycles.